The Bertz CT molecular complexity index is 863. The van der Waals surface area contributed by atoms with Gasteiger partial charge in [-0.15, -0.1) is 0 Å². The van der Waals surface area contributed by atoms with Crippen molar-refractivity contribution in [2.45, 2.75) is 64.2 Å². The van der Waals surface area contributed by atoms with E-state index >= 15 is 0 Å². The van der Waals surface area contributed by atoms with Crippen molar-refractivity contribution < 1.29 is 9.47 Å². The summed E-state index contributed by atoms with van der Waals surface area (Å²) in [6, 6.07) is 15.3. The van der Waals surface area contributed by atoms with E-state index in [1.165, 1.54) is 82.1 Å². The van der Waals surface area contributed by atoms with Gasteiger partial charge in [0.1, 0.15) is 11.5 Å². The van der Waals surface area contributed by atoms with Gasteiger partial charge in [0.15, 0.2) is 0 Å². The van der Waals surface area contributed by atoms with E-state index in [-0.39, 0.29) is 7.92 Å². The number of benzene rings is 2. The molecule has 0 aromatic heterocycles. The van der Waals surface area contributed by atoms with Crippen LogP contribution < -0.4 is 14.8 Å². The summed E-state index contributed by atoms with van der Waals surface area (Å²) in [6.45, 7) is 0. The highest BCUT2D eigenvalue weighted by molar-refractivity contribution is 7.67. The molecule has 2 aliphatic carbocycles. The summed E-state index contributed by atoms with van der Waals surface area (Å²) in [5, 5.41) is 1.56. The summed E-state index contributed by atoms with van der Waals surface area (Å²) in [4.78, 5) is 0. The highest BCUT2D eigenvalue weighted by atomic mass is 31.1. The lowest BCUT2D eigenvalue weighted by Crippen LogP contribution is -2.52. The molecule has 0 atom stereocenters. The second kappa shape index (κ2) is 9.76. The largest absolute Gasteiger partial charge is 0.496 e. The van der Waals surface area contributed by atoms with Gasteiger partial charge < -0.3 is 9.47 Å². The van der Waals surface area contributed by atoms with Crippen molar-refractivity contribution in [1.82, 2.24) is 0 Å². The van der Waals surface area contributed by atoms with Gasteiger partial charge in [0.05, 0.1) is 19.8 Å². The van der Waals surface area contributed by atoms with Gasteiger partial charge in [-0.3, -0.25) is 0 Å². The number of rotatable bonds is 6. The molecule has 2 saturated carbocycles. The van der Waals surface area contributed by atoms with Crippen LogP contribution in [0.5, 0.6) is 11.5 Å². The van der Waals surface area contributed by atoms with Gasteiger partial charge in [0.2, 0.25) is 0 Å². The zero-order valence-electron chi connectivity index (χ0n) is 19.9. The molecule has 0 N–H and O–H groups in total. The van der Waals surface area contributed by atoms with E-state index in [1.54, 1.807) is 19.5 Å². The van der Waals surface area contributed by atoms with Gasteiger partial charge >= 0.3 is 0 Å². The first kappa shape index (κ1) is 22.3. The Balaban J connectivity index is 1.48. The molecule has 2 nitrogen and oxygen atoms in total. The molecule has 0 unspecified atom stereocenters. The molecule has 0 spiro atoms. The molecular weight excluding hydrogens is 411 g/mol. The van der Waals surface area contributed by atoms with Gasteiger partial charge in [-0.2, -0.15) is 0 Å². The van der Waals surface area contributed by atoms with Crippen LogP contribution in [0.4, 0.5) is 0 Å². The molecule has 32 heavy (non-hydrogen) atoms. The molecule has 1 saturated heterocycles. The second-order valence-electron chi connectivity index (χ2n) is 10.3. The fraction of sp³-hybridized carbons (Fsp3) is 0.586. The lowest BCUT2D eigenvalue weighted by atomic mass is 9.60. The minimum Gasteiger partial charge on any atom is -0.496 e. The van der Waals surface area contributed by atoms with Crippen molar-refractivity contribution in [3.8, 4) is 22.6 Å². The summed E-state index contributed by atoms with van der Waals surface area (Å²) < 4.78 is 11.6. The van der Waals surface area contributed by atoms with Crippen molar-refractivity contribution in [2.75, 3.05) is 26.5 Å². The smallest absolute Gasteiger partial charge is 0.130 e. The third-order valence-electron chi connectivity index (χ3n) is 8.75. The zero-order valence-corrected chi connectivity index (χ0v) is 20.8. The highest BCUT2D eigenvalue weighted by Crippen LogP contribution is 2.67. The second-order valence-corrected chi connectivity index (χ2v) is 12.5. The quantitative estimate of drug-likeness (QED) is 0.421. The molecule has 3 aliphatic rings. The van der Waals surface area contributed by atoms with Crippen LogP contribution in [-0.4, -0.2) is 26.5 Å². The molecule has 1 aliphatic heterocycles. The molecule has 0 amide bonds. The van der Waals surface area contributed by atoms with E-state index in [0.29, 0.717) is 5.41 Å². The third-order valence-corrected chi connectivity index (χ3v) is 11.8. The maximum Gasteiger partial charge on any atom is 0.130 e. The predicted octanol–water partition coefficient (Wildman–Crippen LogP) is 7.64. The molecular formula is C29H39O2P. The molecule has 0 radical (unpaired) electrons. The maximum atomic E-state index is 5.79. The van der Waals surface area contributed by atoms with Crippen molar-refractivity contribution in [2.24, 2.45) is 17.3 Å². The summed E-state index contributed by atoms with van der Waals surface area (Å²) in [5.74, 6) is 3.79. The molecule has 3 heteroatoms. The lowest BCUT2D eigenvalue weighted by Gasteiger charge is -2.59. The Morgan fingerprint density at radius 3 is 1.75 bits per heavy atom. The fourth-order valence-electron chi connectivity index (χ4n) is 7.12. The monoisotopic (exact) mass is 450 g/mol. The van der Waals surface area contributed by atoms with Gasteiger partial charge in [-0.1, -0.05) is 76.8 Å². The van der Waals surface area contributed by atoms with Crippen molar-refractivity contribution in [3.05, 3.63) is 42.5 Å². The van der Waals surface area contributed by atoms with E-state index in [1.807, 2.05) is 6.07 Å². The summed E-state index contributed by atoms with van der Waals surface area (Å²) in [5.41, 5.74) is 3.09. The minimum absolute atomic E-state index is 0.121. The molecule has 0 bridgehead atoms. The van der Waals surface area contributed by atoms with Gasteiger partial charge in [0.25, 0.3) is 0 Å². The molecule has 172 valence electrons. The van der Waals surface area contributed by atoms with Crippen LogP contribution in [0.25, 0.3) is 11.1 Å². The van der Waals surface area contributed by atoms with Crippen LogP contribution in [0, 0.1) is 17.3 Å². The van der Waals surface area contributed by atoms with E-state index in [0.717, 1.165) is 28.9 Å². The van der Waals surface area contributed by atoms with Crippen molar-refractivity contribution >= 4 is 13.2 Å². The molecule has 5 rings (SSSR count). The Morgan fingerprint density at radius 1 is 0.688 bits per heavy atom. The van der Waals surface area contributed by atoms with E-state index in [4.69, 9.17) is 9.47 Å². The lowest BCUT2D eigenvalue weighted by molar-refractivity contribution is 0.0537. The SMILES string of the molecule is COc1cccc(OC)c1-c1ccccc1P1CC(C2CCCCC2)(C2CCCCC2)C1. The first-order valence-corrected chi connectivity index (χ1v) is 14.5. The summed E-state index contributed by atoms with van der Waals surface area (Å²) in [7, 11) is 3.42. The highest BCUT2D eigenvalue weighted by Gasteiger charge is 2.54. The van der Waals surface area contributed by atoms with Crippen molar-refractivity contribution in [3.63, 3.8) is 0 Å². The fourth-order valence-corrected chi connectivity index (χ4v) is 10.6. The Hall–Kier alpha value is -1.53. The van der Waals surface area contributed by atoms with Crippen LogP contribution in [0.3, 0.4) is 0 Å². The van der Waals surface area contributed by atoms with Gasteiger partial charge in [0, 0.05) is 0 Å². The molecule has 2 aromatic carbocycles. The summed E-state index contributed by atoms with van der Waals surface area (Å²) in [6.07, 6.45) is 17.6. The normalized spacial score (nSPS) is 22.3. The van der Waals surface area contributed by atoms with Crippen LogP contribution in [0.15, 0.2) is 42.5 Å². The maximum absolute atomic E-state index is 5.79. The minimum atomic E-state index is -0.121. The Kier molecular flexibility index (Phi) is 6.79. The Morgan fingerprint density at radius 2 is 1.22 bits per heavy atom. The number of hydrogen-bond donors (Lipinski definition) is 0. The van der Waals surface area contributed by atoms with Crippen LogP contribution in [-0.2, 0) is 0 Å². The van der Waals surface area contributed by atoms with Gasteiger partial charge in [-0.05, 0) is 78.3 Å². The predicted molar refractivity (Wildman–Crippen MR) is 137 cm³/mol. The van der Waals surface area contributed by atoms with Crippen molar-refractivity contribution in [1.29, 1.82) is 0 Å². The summed E-state index contributed by atoms with van der Waals surface area (Å²) >= 11 is 0. The molecule has 2 aromatic rings. The topological polar surface area (TPSA) is 18.5 Å². The zero-order chi connectivity index (χ0) is 22.0. The van der Waals surface area contributed by atoms with Crippen LogP contribution in [0.2, 0.25) is 0 Å². The average molecular weight is 451 g/mol. The van der Waals surface area contributed by atoms with E-state index in [2.05, 4.69) is 36.4 Å². The van der Waals surface area contributed by atoms with E-state index < -0.39 is 0 Å². The first-order chi connectivity index (χ1) is 15.8. The van der Waals surface area contributed by atoms with Gasteiger partial charge in [-0.25, -0.2) is 0 Å². The molecule has 3 fully saturated rings. The first-order valence-electron chi connectivity index (χ1n) is 12.8. The Labute approximate surface area is 195 Å². The average Bonchev–Trinajstić information content (AvgIpc) is 2.84. The third kappa shape index (κ3) is 3.98. The number of hydrogen-bond acceptors (Lipinski definition) is 2. The molecule has 1 heterocycles. The number of ether oxygens (including phenoxy) is 2. The van der Waals surface area contributed by atoms with E-state index in [9.17, 15) is 0 Å². The van der Waals surface area contributed by atoms with Crippen LogP contribution in [0.1, 0.15) is 64.2 Å². The number of methoxy groups -OCH3 is 2. The standard InChI is InChI=1S/C29H39O2P/c1-30-25-17-11-18-26(31-2)28(25)24-16-9-10-19-27(24)32-20-29(21-32,22-12-5-3-6-13-22)23-14-7-4-8-15-23/h9-11,16-19,22-23H,3-8,12-15,20-21H2,1-2H3. The van der Waals surface area contributed by atoms with Crippen LogP contribution >= 0.6 is 7.92 Å².